The summed E-state index contributed by atoms with van der Waals surface area (Å²) in [4.78, 5) is 33.9. The second-order valence-electron chi connectivity index (χ2n) is 9.42. The van der Waals surface area contributed by atoms with E-state index in [2.05, 4.69) is 43.9 Å². The molecule has 1 aliphatic heterocycles. The Labute approximate surface area is 192 Å². The molecule has 7 heteroatoms. The van der Waals surface area contributed by atoms with Crippen LogP contribution in [-0.4, -0.2) is 25.2 Å². The summed E-state index contributed by atoms with van der Waals surface area (Å²) < 4.78 is 4.84. The average molecular weight is 444 g/mol. The summed E-state index contributed by atoms with van der Waals surface area (Å²) in [7, 11) is 1.70. The average Bonchev–Trinajstić information content (AvgIpc) is 3.14. The van der Waals surface area contributed by atoms with E-state index in [9.17, 15) is 9.59 Å². The van der Waals surface area contributed by atoms with Gasteiger partial charge in [0.15, 0.2) is 11.2 Å². The molecule has 170 valence electrons. The van der Waals surface area contributed by atoms with Crippen LogP contribution in [-0.2, 0) is 20.1 Å². The highest BCUT2D eigenvalue weighted by Gasteiger charge is 2.30. The van der Waals surface area contributed by atoms with Gasteiger partial charge in [0.1, 0.15) is 0 Å². The molecule has 7 nitrogen and oxygen atoms in total. The van der Waals surface area contributed by atoms with Crippen LogP contribution in [0, 0.1) is 26.7 Å². The maximum atomic E-state index is 13.7. The summed E-state index contributed by atoms with van der Waals surface area (Å²) in [6.07, 6.45) is 0. The minimum Gasteiger partial charge on any atom is -0.312 e. The monoisotopic (exact) mass is 443 g/mol. The second-order valence-corrected chi connectivity index (χ2v) is 9.42. The summed E-state index contributed by atoms with van der Waals surface area (Å²) in [6, 6.07) is 14.3. The number of anilines is 2. The van der Waals surface area contributed by atoms with Crippen molar-refractivity contribution in [3.8, 4) is 0 Å². The van der Waals surface area contributed by atoms with Crippen LogP contribution in [0.4, 0.5) is 11.6 Å². The quantitative estimate of drug-likeness (QED) is 0.485. The highest BCUT2D eigenvalue weighted by Crippen LogP contribution is 2.33. The zero-order valence-electron chi connectivity index (χ0n) is 19.8. The Morgan fingerprint density at radius 2 is 1.70 bits per heavy atom. The van der Waals surface area contributed by atoms with Crippen molar-refractivity contribution < 1.29 is 0 Å². The van der Waals surface area contributed by atoms with Gasteiger partial charge in [-0.25, -0.2) is 4.79 Å². The van der Waals surface area contributed by atoms with Gasteiger partial charge in [0.2, 0.25) is 5.95 Å². The lowest BCUT2D eigenvalue weighted by Crippen LogP contribution is -2.40. The highest BCUT2D eigenvalue weighted by molar-refractivity contribution is 5.77. The van der Waals surface area contributed by atoms with Gasteiger partial charge in [-0.2, -0.15) is 4.98 Å². The number of benzene rings is 2. The lowest BCUT2D eigenvalue weighted by Gasteiger charge is -2.33. The van der Waals surface area contributed by atoms with E-state index in [0.717, 1.165) is 23.4 Å². The molecule has 2 aromatic carbocycles. The first-order valence-corrected chi connectivity index (χ1v) is 11.3. The largest absolute Gasteiger partial charge is 0.332 e. The molecule has 0 amide bonds. The second kappa shape index (κ2) is 7.76. The van der Waals surface area contributed by atoms with Crippen molar-refractivity contribution in [2.24, 2.45) is 13.0 Å². The zero-order valence-corrected chi connectivity index (χ0v) is 19.8. The van der Waals surface area contributed by atoms with Gasteiger partial charge < -0.3 is 9.47 Å². The smallest absolute Gasteiger partial charge is 0.312 e. The van der Waals surface area contributed by atoms with Gasteiger partial charge in [-0.05, 0) is 61.1 Å². The molecule has 0 bridgehead atoms. The van der Waals surface area contributed by atoms with E-state index in [1.807, 2.05) is 35.8 Å². The van der Waals surface area contributed by atoms with Gasteiger partial charge in [-0.1, -0.05) is 37.3 Å². The fraction of sp³-hybridized carbons (Fsp3) is 0.346. The van der Waals surface area contributed by atoms with Crippen LogP contribution in [0.25, 0.3) is 11.2 Å². The van der Waals surface area contributed by atoms with E-state index in [1.54, 1.807) is 7.05 Å². The molecule has 1 atom stereocenters. The lowest BCUT2D eigenvalue weighted by atomic mass is 10.1. The molecular weight excluding hydrogens is 414 g/mol. The zero-order chi connectivity index (χ0) is 23.4. The van der Waals surface area contributed by atoms with E-state index >= 15 is 0 Å². The third-order valence-corrected chi connectivity index (χ3v) is 6.55. The fourth-order valence-corrected chi connectivity index (χ4v) is 4.93. The van der Waals surface area contributed by atoms with E-state index in [0.29, 0.717) is 29.6 Å². The van der Waals surface area contributed by atoms with Crippen LogP contribution in [0.2, 0.25) is 0 Å². The molecule has 4 aromatic rings. The Bertz CT molecular complexity index is 1490. The predicted octanol–water partition coefficient (Wildman–Crippen LogP) is 3.66. The number of fused-ring (bicyclic) bond motifs is 3. The summed E-state index contributed by atoms with van der Waals surface area (Å²) >= 11 is 0. The first-order valence-electron chi connectivity index (χ1n) is 11.3. The van der Waals surface area contributed by atoms with Crippen LogP contribution in [0.15, 0.2) is 52.1 Å². The topological polar surface area (TPSA) is 65.1 Å². The first kappa shape index (κ1) is 21.2. The third kappa shape index (κ3) is 3.48. The SMILES string of the molecule is Cc1cc(C)cc(N2C[C@H](C)Cn3c2nc2c3c(=O)n(Cc3ccccc3C)c(=O)n2C)c1. The molecule has 0 radical (unpaired) electrons. The van der Waals surface area contributed by atoms with Crippen molar-refractivity contribution >= 4 is 22.8 Å². The van der Waals surface area contributed by atoms with Crippen molar-refractivity contribution in [3.05, 3.63) is 85.6 Å². The number of hydrogen-bond donors (Lipinski definition) is 0. The molecule has 1 aliphatic rings. The maximum absolute atomic E-state index is 13.7. The van der Waals surface area contributed by atoms with Crippen LogP contribution in [0.3, 0.4) is 0 Å². The van der Waals surface area contributed by atoms with Crippen LogP contribution in [0.5, 0.6) is 0 Å². The standard InChI is InChI=1S/C26H29N5O2/c1-16-10-17(2)12-21(11-16)29-13-18(3)14-30-22-23(27-25(29)30)28(5)26(33)31(24(22)32)15-20-9-7-6-8-19(20)4/h6-12,18H,13-15H2,1-5H3/t18-/m0/s1. The summed E-state index contributed by atoms with van der Waals surface area (Å²) in [5.74, 6) is 1.03. The van der Waals surface area contributed by atoms with Crippen molar-refractivity contribution in [1.29, 1.82) is 0 Å². The molecule has 0 spiro atoms. The Morgan fingerprint density at radius 1 is 1.00 bits per heavy atom. The van der Waals surface area contributed by atoms with Gasteiger partial charge in [0, 0.05) is 25.8 Å². The summed E-state index contributed by atoms with van der Waals surface area (Å²) in [5, 5.41) is 0. The van der Waals surface area contributed by atoms with Crippen molar-refractivity contribution in [2.75, 3.05) is 11.4 Å². The fourth-order valence-electron chi connectivity index (χ4n) is 4.93. The van der Waals surface area contributed by atoms with E-state index < -0.39 is 0 Å². The number of hydrogen-bond acceptors (Lipinski definition) is 4. The number of imidazole rings is 1. The number of nitrogens with zero attached hydrogens (tertiary/aromatic N) is 5. The Kier molecular flexibility index (Phi) is 5.00. The van der Waals surface area contributed by atoms with Crippen LogP contribution >= 0.6 is 0 Å². The van der Waals surface area contributed by atoms with Gasteiger partial charge in [-0.3, -0.25) is 13.9 Å². The molecule has 0 saturated carbocycles. The molecule has 2 aromatic heterocycles. The highest BCUT2D eigenvalue weighted by atomic mass is 16.2. The van der Waals surface area contributed by atoms with E-state index in [4.69, 9.17) is 4.98 Å². The normalized spacial score (nSPS) is 15.8. The van der Waals surface area contributed by atoms with Crippen LogP contribution in [0.1, 0.15) is 29.2 Å². The number of aryl methyl sites for hydroxylation is 4. The molecule has 0 aliphatic carbocycles. The summed E-state index contributed by atoms with van der Waals surface area (Å²) in [6.45, 7) is 10.1. The predicted molar refractivity (Wildman–Crippen MR) is 132 cm³/mol. The van der Waals surface area contributed by atoms with Crippen molar-refractivity contribution in [2.45, 2.75) is 40.8 Å². The Hall–Kier alpha value is -3.61. The number of rotatable bonds is 3. The Morgan fingerprint density at radius 3 is 2.39 bits per heavy atom. The third-order valence-electron chi connectivity index (χ3n) is 6.55. The summed E-state index contributed by atoms with van der Waals surface area (Å²) in [5.41, 5.74) is 5.71. The molecular formula is C26H29N5O2. The minimum absolute atomic E-state index is 0.241. The molecule has 0 unspecified atom stereocenters. The van der Waals surface area contributed by atoms with Crippen LogP contribution < -0.4 is 16.1 Å². The maximum Gasteiger partial charge on any atom is 0.332 e. The van der Waals surface area contributed by atoms with Crippen molar-refractivity contribution in [1.82, 2.24) is 18.7 Å². The minimum atomic E-state index is -0.350. The lowest BCUT2D eigenvalue weighted by molar-refractivity contribution is 0.458. The molecule has 0 fully saturated rings. The molecule has 0 saturated heterocycles. The first-order chi connectivity index (χ1) is 15.7. The van der Waals surface area contributed by atoms with Crippen molar-refractivity contribution in [3.63, 3.8) is 0 Å². The van der Waals surface area contributed by atoms with Gasteiger partial charge in [0.05, 0.1) is 6.54 Å². The molecule has 3 heterocycles. The van der Waals surface area contributed by atoms with Gasteiger partial charge in [-0.15, -0.1) is 0 Å². The molecule has 5 rings (SSSR count). The van der Waals surface area contributed by atoms with Gasteiger partial charge in [0.25, 0.3) is 5.56 Å². The Balaban J connectivity index is 1.74. The molecule has 0 N–H and O–H groups in total. The van der Waals surface area contributed by atoms with E-state index in [-0.39, 0.29) is 17.8 Å². The van der Waals surface area contributed by atoms with E-state index in [1.165, 1.54) is 20.3 Å². The number of aromatic nitrogens is 4. The van der Waals surface area contributed by atoms with Gasteiger partial charge >= 0.3 is 5.69 Å². The molecule has 33 heavy (non-hydrogen) atoms.